The molecule has 0 amide bonds. The predicted octanol–water partition coefficient (Wildman–Crippen LogP) is 17.0. The second kappa shape index (κ2) is 12.8. The van der Waals surface area contributed by atoms with E-state index in [0.717, 1.165) is 27.6 Å². The Balaban J connectivity index is 0.913. The lowest BCUT2D eigenvalue weighted by molar-refractivity contribution is 0.353. The predicted molar refractivity (Wildman–Crippen MR) is 270 cm³/mol. The molecule has 0 unspecified atom stereocenters. The number of rotatable bonds is 3. The first-order valence-corrected chi connectivity index (χ1v) is 23.6. The molecule has 4 heteroatoms. The summed E-state index contributed by atoms with van der Waals surface area (Å²) in [5.74, 6) is 0. The van der Waals surface area contributed by atoms with E-state index in [0.29, 0.717) is 0 Å². The molecule has 302 valence electrons. The Morgan fingerprint density at radius 3 is 1.78 bits per heavy atom. The van der Waals surface area contributed by atoms with Crippen molar-refractivity contribution in [2.24, 2.45) is 0 Å². The zero-order valence-electron chi connectivity index (χ0n) is 35.1. The molecule has 13 aromatic rings. The fourth-order valence-electron chi connectivity index (χ4n) is 12.2. The topological polar surface area (TPSA) is 23.0 Å². The molecule has 3 nitrogen and oxygen atoms in total. The molecule has 9 aromatic carbocycles. The summed E-state index contributed by atoms with van der Waals surface area (Å²) in [6, 6.07) is 68.4. The molecule has 1 spiro atoms. The fourth-order valence-corrected chi connectivity index (χ4v) is 13.4. The fraction of sp³-hybridized carbons (Fsp3) is 0.100. The first kappa shape index (κ1) is 35.1. The summed E-state index contributed by atoms with van der Waals surface area (Å²) < 4.78 is 14.0. The van der Waals surface area contributed by atoms with Crippen molar-refractivity contribution in [3.8, 4) is 33.6 Å². The summed E-state index contributed by atoms with van der Waals surface area (Å²) in [6.45, 7) is 0. The molecule has 0 aliphatic heterocycles. The molecule has 15 rings (SSSR count). The molecule has 64 heavy (non-hydrogen) atoms. The van der Waals surface area contributed by atoms with Gasteiger partial charge in [0.2, 0.25) is 0 Å². The molecule has 0 N–H and O–H groups in total. The van der Waals surface area contributed by atoms with Crippen LogP contribution in [0.4, 0.5) is 0 Å². The average molecular weight is 837 g/mol. The summed E-state index contributed by atoms with van der Waals surface area (Å²) in [5.41, 5.74) is 17.4. The van der Waals surface area contributed by atoms with E-state index < -0.39 is 0 Å². The van der Waals surface area contributed by atoms with Crippen LogP contribution in [0.3, 0.4) is 0 Å². The summed E-state index contributed by atoms with van der Waals surface area (Å²) in [6.07, 6.45) is 6.15. The summed E-state index contributed by atoms with van der Waals surface area (Å²) in [4.78, 5) is 0. The molecule has 1 fully saturated rings. The highest BCUT2D eigenvalue weighted by molar-refractivity contribution is 7.25. The summed E-state index contributed by atoms with van der Waals surface area (Å²) in [7, 11) is 0. The highest BCUT2D eigenvalue weighted by Crippen LogP contribution is 2.58. The van der Waals surface area contributed by atoms with Gasteiger partial charge in [-0.25, -0.2) is 0 Å². The van der Waals surface area contributed by atoms with Gasteiger partial charge < -0.3 is 13.6 Å². The van der Waals surface area contributed by atoms with E-state index in [4.69, 9.17) is 4.42 Å². The molecule has 2 aliphatic carbocycles. The molecule has 0 saturated heterocycles. The lowest BCUT2D eigenvalue weighted by Gasteiger charge is -2.36. The molecule has 1 saturated carbocycles. The number of hydrogen-bond acceptors (Lipinski definition) is 2. The molecule has 0 bridgehead atoms. The van der Waals surface area contributed by atoms with Crippen LogP contribution >= 0.6 is 11.3 Å². The maximum atomic E-state index is 6.44. The maximum Gasteiger partial charge on any atom is 0.137 e. The number of furan rings is 1. The Hall–Kier alpha value is -7.40. The largest absolute Gasteiger partial charge is 0.456 e. The zero-order chi connectivity index (χ0) is 41.7. The molecule has 0 atom stereocenters. The van der Waals surface area contributed by atoms with Crippen LogP contribution in [-0.2, 0) is 5.41 Å². The summed E-state index contributed by atoms with van der Waals surface area (Å²) in [5, 5.41) is 10.2. The van der Waals surface area contributed by atoms with Crippen LogP contribution in [0.2, 0.25) is 0 Å². The number of nitrogens with zero attached hydrogens (tertiary/aromatic N) is 2. The van der Waals surface area contributed by atoms with E-state index in [1.807, 2.05) is 17.4 Å². The van der Waals surface area contributed by atoms with Crippen molar-refractivity contribution < 1.29 is 4.42 Å². The van der Waals surface area contributed by atoms with Crippen LogP contribution in [0.15, 0.2) is 186 Å². The summed E-state index contributed by atoms with van der Waals surface area (Å²) >= 11 is 1.88. The monoisotopic (exact) mass is 836 g/mol. The van der Waals surface area contributed by atoms with Gasteiger partial charge in [0.1, 0.15) is 11.2 Å². The Morgan fingerprint density at radius 1 is 0.375 bits per heavy atom. The maximum absolute atomic E-state index is 6.44. The Bertz CT molecular complexity index is 4130. The van der Waals surface area contributed by atoms with E-state index in [1.54, 1.807) is 0 Å². The minimum atomic E-state index is -0.0117. The van der Waals surface area contributed by atoms with Crippen LogP contribution in [0.5, 0.6) is 0 Å². The number of aromatic nitrogens is 2. The van der Waals surface area contributed by atoms with Gasteiger partial charge in [0.15, 0.2) is 0 Å². The van der Waals surface area contributed by atoms with Gasteiger partial charge in [-0.05, 0) is 119 Å². The highest BCUT2D eigenvalue weighted by Gasteiger charge is 2.44. The average Bonchev–Trinajstić information content (AvgIpc) is 4.14. The first-order chi connectivity index (χ1) is 31.7. The minimum Gasteiger partial charge on any atom is -0.456 e. The quantitative estimate of drug-likeness (QED) is 0.174. The smallest absolute Gasteiger partial charge is 0.137 e. The SMILES string of the molecule is c1ccc2c(c1)oc1cc(-n3c4ccccc4c4cc5c(cc43)-c3ccc(-c4ccc6c7ccccc7n(-c7ccc8c(c7)sc7ccccc78)c6c4)cc3C53CCCCC3)ccc12. The molecular formula is C60H40N2OS. The van der Waals surface area contributed by atoms with E-state index in [9.17, 15) is 0 Å². The van der Waals surface area contributed by atoms with Gasteiger partial charge in [-0.2, -0.15) is 0 Å². The third-order valence-corrected chi connectivity index (χ3v) is 16.2. The van der Waals surface area contributed by atoms with Crippen molar-refractivity contribution >= 4 is 97.1 Å². The number of para-hydroxylation sites is 3. The van der Waals surface area contributed by atoms with Crippen LogP contribution in [0.25, 0.3) is 119 Å². The van der Waals surface area contributed by atoms with E-state index >= 15 is 0 Å². The first-order valence-electron chi connectivity index (χ1n) is 22.8. The molecular weight excluding hydrogens is 797 g/mol. The normalized spacial score (nSPS) is 14.7. The van der Waals surface area contributed by atoms with Crippen LogP contribution in [0, 0.1) is 0 Å². The van der Waals surface area contributed by atoms with Crippen LogP contribution in [-0.4, -0.2) is 9.13 Å². The molecule has 4 heterocycles. The zero-order valence-corrected chi connectivity index (χ0v) is 35.9. The number of thiophene rings is 1. The number of fused-ring (bicyclic) bond motifs is 17. The van der Waals surface area contributed by atoms with Crippen LogP contribution in [0.1, 0.15) is 43.2 Å². The molecule has 4 aromatic heterocycles. The van der Waals surface area contributed by atoms with E-state index in [2.05, 4.69) is 185 Å². The number of benzene rings is 9. The molecule has 0 radical (unpaired) electrons. The molecule has 2 aliphatic rings. The van der Waals surface area contributed by atoms with Gasteiger partial charge in [-0.3, -0.25) is 0 Å². The van der Waals surface area contributed by atoms with Crippen molar-refractivity contribution in [3.63, 3.8) is 0 Å². The van der Waals surface area contributed by atoms with Gasteiger partial charge in [-0.15, -0.1) is 11.3 Å². The Kier molecular flexibility index (Phi) is 7.04. The lowest BCUT2D eigenvalue weighted by Crippen LogP contribution is -2.28. The Morgan fingerprint density at radius 2 is 0.953 bits per heavy atom. The van der Waals surface area contributed by atoms with Gasteiger partial charge in [-0.1, -0.05) is 122 Å². The minimum absolute atomic E-state index is 0.0117. The third kappa shape index (κ3) is 4.70. The van der Waals surface area contributed by atoms with Crippen molar-refractivity contribution in [2.45, 2.75) is 37.5 Å². The van der Waals surface area contributed by atoms with Gasteiger partial charge in [0.05, 0.1) is 22.1 Å². The van der Waals surface area contributed by atoms with Crippen molar-refractivity contribution in [3.05, 3.63) is 193 Å². The lowest BCUT2D eigenvalue weighted by atomic mass is 9.67. The van der Waals surface area contributed by atoms with Crippen molar-refractivity contribution in [2.75, 3.05) is 0 Å². The van der Waals surface area contributed by atoms with Crippen LogP contribution < -0.4 is 0 Å². The van der Waals surface area contributed by atoms with Gasteiger partial charge in [0.25, 0.3) is 0 Å². The second-order valence-corrected chi connectivity index (χ2v) is 19.4. The van der Waals surface area contributed by atoms with E-state index in [1.165, 1.54) is 135 Å². The standard InChI is InChI=1S/C60H40N2OS/c1-10-28-60(29-11-1)50-30-36(37-21-25-43-41-12-2-6-16-52(41)62(54(43)31-37)39-23-27-47-46-15-5-9-19-58(46)64-59(47)33-39)20-24-40(50)48-35-55-49(34-51(48)60)42-13-3-7-17-53(42)61(55)38-22-26-45-44-14-4-8-18-56(44)63-57(45)32-38/h2-9,12-27,30-35H,1,10-11,28-29H2. The Labute approximate surface area is 373 Å². The van der Waals surface area contributed by atoms with Crippen molar-refractivity contribution in [1.29, 1.82) is 0 Å². The second-order valence-electron chi connectivity index (χ2n) is 18.3. The number of hydrogen-bond donors (Lipinski definition) is 0. The van der Waals surface area contributed by atoms with Gasteiger partial charge >= 0.3 is 0 Å². The highest BCUT2D eigenvalue weighted by atomic mass is 32.1. The van der Waals surface area contributed by atoms with E-state index in [-0.39, 0.29) is 5.41 Å². The third-order valence-electron chi connectivity index (χ3n) is 15.1. The van der Waals surface area contributed by atoms with Gasteiger partial charge in [0, 0.05) is 75.3 Å². The van der Waals surface area contributed by atoms with Crippen molar-refractivity contribution in [1.82, 2.24) is 9.13 Å².